The van der Waals surface area contributed by atoms with Crippen molar-refractivity contribution in [1.29, 1.82) is 0 Å². The van der Waals surface area contributed by atoms with Gasteiger partial charge in [-0.15, -0.1) is 0 Å². The number of halogens is 2. The molecular weight excluding hydrogens is 451 g/mol. The molecule has 1 fully saturated rings. The van der Waals surface area contributed by atoms with Crippen LogP contribution < -0.4 is 5.32 Å². The largest absolute Gasteiger partial charge is 0.445 e. The van der Waals surface area contributed by atoms with E-state index in [1.165, 1.54) is 0 Å². The molecule has 2 heterocycles. The Bertz CT molecular complexity index is 1060. The first-order valence-corrected chi connectivity index (χ1v) is 11.0. The minimum absolute atomic E-state index is 0.0409. The number of carbonyl (C=O) groups is 2. The number of imidazole rings is 1. The maximum atomic E-state index is 12.6. The van der Waals surface area contributed by atoms with Gasteiger partial charge in [-0.1, -0.05) is 35.3 Å². The van der Waals surface area contributed by atoms with Gasteiger partial charge in [0.05, 0.1) is 18.2 Å². The fourth-order valence-electron chi connectivity index (χ4n) is 3.65. The van der Waals surface area contributed by atoms with E-state index in [0.717, 1.165) is 22.5 Å². The Morgan fingerprint density at radius 3 is 2.41 bits per heavy atom. The summed E-state index contributed by atoms with van der Waals surface area (Å²) in [4.78, 5) is 33.7. The van der Waals surface area contributed by atoms with Gasteiger partial charge in [-0.2, -0.15) is 0 Å². The Balaban J connectivity index is 1.24. The van der Waals surface area contributed by atoms with Crippen molar-refractivity contribution in [3.63, 3.8) is 0 Å². The van der Waals surface area contributed by atoms with Gasteiger partial charge in [-0.3, -0.25) is 4.79 Å². The zero-order valence-corrected chi connectivity index (χ0v) is 18.7. The van der Waals surface area contributed by atoms with Crippen molar-refractivity contribution < 1.29 is 14.3 Å². The highest BCUT2D eigenvalue weighted by molar-refractivity contribution is 6.34. The Morgan fingerprint density at radius 1 is 1.09 bits per heavy atom. The zero-order valence-electron chi connectivity index (χ0n) is 17.2. The molecule has 3 aromatic rings. The zero-order chi connectivity index (χ0) is 22.5. The van der Waals surface area contributed by atoms with E-state index in [1.807, 2.05) is 24.3 Å². The summed E-state index contributed by atoms with van der Waals surface area (Å²) in [6.45, 7) is 1.02. The molecule has 0 saturated carbocycles. The topological polar surface area (TPSA) is 87.3 Å². The number of ether oxygens (including phenoxy) is 1. The maximum Gasteiger partial charge on any atom is 0.410 e. The quantitative estimate of drug-likeness (QED) is 0.522. The third-order valence-corrected chi connectivity index (χ3v) is 5.81. The summed E-state index contributed by atoms with van der Waals surface area (Å²) in [6, 6.07) is 12.6. The average Bonchev–Trinajstić information content (AvgIpc) is 3.32. The van der Waals surface area contributed by atoms with Gasteiger partial charge < -0.3 is 19.9 Å². The highest BCUT2D eigenvalue weighted by Crippen LogP contribution is 2.23. The van der Waals surface area contributed by atoms with E-state index in [1.54, 1.807) is 35.6 Å². The molecule has 32 heavy (non-hydrogen) atoms. The molecular formula is C23H22Cl2N4O3. The molecule has 2 amide bonds. The number of hydrogen-bond donors (Lipinski definition) is 2. The second-order valence-corrected chi connectivity index (χ2v) is 8.50. The van der Waals surface area contributed by atoms with Crippen LogP contribution in [0.5, 0.6) is 0 Å². The smallest absolute Gasteiger partial charge is 0.410 e. The number of hydrogen-bond acceptors (Lipinski definition) is 4. The van der Waals surface area contributed by atoms with Crippen LogP contribution >= 0.6 is 23.2 Å². The van der Waals surface area contributed by atoms with Crippen LogP contribution in [0.3, 0.4) is 0 Å². The normalized spacial score (nSPS) is 14.2. The number of aromatic amines is 1. The van der Waals surface area contributed by atoms with Crippen molar-refractivity contribution in [1.82, 2.24) is 14.9 Å². The summed E-state index contributed by atoms with van der Waals surface area (Å²) >= 11 is 11.9. The summed E-state index contributed by atoms with van der Waals surface area (Å²) in [5.41, 5.74) is 3.37. The molecule has 0 unspecified atom stereocenters. The molecule has 0 aliphatic carbocycles. The number of H-pyrrole nitrogens is 1. The molecule has 1 aliphatic rings. The molecule has 0 bridgehead atoms. The van der Waals surface area contributed by atoms with E-state index in [2.05, 4.69) is 15.3 Å². The molecule has 0 radical (unpaired) electrons. The van der Waals surface area contributed by atoms with Gasteiger partial charge in [-0.25, -0.2) is 9.78 Å². The van der Waals surface area contributed by atoms with Gasteiger partial charge in [-0.05, 0) is 54.3 Å². The molecule has 0 atom stereocenters. The first-order chi connectivity index (χ1) is 15.5. The number of anilines is 1. The average molecular weight is 473 g/mol. The number of nitrogens with one attached hydrogen (secondary N) is 2. The number of amides is 2. The molecule has 2 aromatic carbocycles. The number of likely N-dealkylation sites (tertiary alicyclic amines) is 1. The minimum atomic E-state index is -0.408. The Kier molecular flexibility index (Phi) is 6.97. The third-order valence-electron chi connectivity index (χ3n) is 5.37. The maximum absolute atomic E-state index is 12.6. The number of benzene rings is 2. The Labute approximate surface area is 195 Å². The Morgan fingerprint density at radius 2 is 1.78 bits per heavy atom. The summed E-state index contributed by atoms with van der Waals surface area (Å²) in [7, 11) is 0. The molecule has 0 spiro atoms. The third kappa shape index (κ3) is 5.60. The summed E-state index contributed by atoms with van der Waals surface area (Å²) < 4.78 is 5.37. The number of nitrogens with zero attached hydrogens (tertiary/aromatic N) is 2. The second kappa shape index (κ2) is 10.1. The van der Waals surface area contributed by atoms with Gasteiger partial charge in [0.15, 0.2) is 0 Å². The lowest BCUT2D eigenvalue weighted by molar-refractivity contribution is -0.121. The van der Waals surface area contributed by atoms with Crippen molar-refractivity contribution in [3.8, 4) is 11.3 Å². The van der Waals surface area contributed by atoms with Crippen LogP contribution in [-0.2, 0) is 16.1 Å². The predicted octanol–water partition coefficient (Wildman–Crippen LogP) is 5.37. The van der Waals surface area contributed by atoms with Crippen molar-refractivity contribution in [2.24, 2.45) is 5.92 Å². The molecule has 1 saturated heterocycles. The van der Waals surface area contributed by atoms with Crippen LogP contribution in [-0.4, -0.2) is 40.0 Å². The van der Waals surface area contributed by atoms with Crippen molar-refractivity contribution >= 4 is 40.9 Å². The second-order valence-electron chi connectivity index (χ2n) is 7.63. The van der Waals surface area contributed by atoms with Crippen LogP contribution in [0.25, 0.3) is 11.3 Å². The number of piperidine rings is 1. The van der Waals surface area contributed by atoms with Gasteiger partial charge in [0.25, 0.3) is 0 Å². The van der Waals surface area contributed by atoms with E-state index >= 15 is 0 Å². The van der Waals surface area contributed by atoms with E-state index in [9.17, 15) is 9.59 Å². The van der Waals surface area contributed by atoms with Crippen LogP contribution in [0.2, 0.25) is 10.0 Å². The monoisotopic (exact) mass is 472 g/mol. The van der Waals surface area contributed by atoms with Crippen molar-refractivity contribution in [3.05, 3.63) is 70.6 Å². The first kappa shape index (κ1) is 22.2. The van der Waals surface area contributed by atoms with E-state index in [-0.39, 0.29) is 18.4 Å². The van der Waals surface area contributed by atoms with E-state index < -0.39 is 6.09 Å². The molecule has 2 N–H and O–H groups in total. The molecule has 1 aliphatic heterocycles. The van der Waals surface area contributed by atoms with Gasteiger partial charge >= 0.3 is 6.09 Å². The summed E-state index contributed by atoms with van der Waals surface area (Å²) in [5, 5.41) is 3.94. The predicted molar refractivity (Wildman–Crippen MR) is 124 cm³/mol. The van der Waals surface area contributed by atoms with Gasteiger partial charge in [0, 0.05) is 34.7 Å². The highest BCUT2D eigenvalue weighted by atomic mass is 35.5. The van der Waals surface area contributed by atoms with Crippen LogP contribution in [0.15, 0.2) is 55.0 Å². The lowest BCUT2D eigenvalue weighted by atomic mass is 9.96. The van der Waals surface area contributed by atoms with Crippen LogP contribution in [0.4, 0.5) is 10.5 Å². The fraction of sp³-hybridized carbons (Fsp3) is 0.261. The van der Waals surface area contributed by atoms with Gasteiger partial charge in [0.1, 0.15) is 6.61 Å². The SMILES string of the molecule is O=C(Nc1ccc(-c2cnc[nH]2)cc1)C1CCN(C(=O)OCc2cc(Cl)cc(Cl)c2)CC1. The first-order valence-electron chi connectivity index (χ1n) is 10.2. The molecule has 9 heteroatoms. The number of rotatable bonds is 5. The van der Waals surface area contributed by atoms with Crippen molar-refractivity contribution in [2.75, 3.05) is 18.4 Å². The molecule has 7 nitrogen and oxygen atoms in total. The minimum Gasteiger partial charge on any atom is -0.445 e. The van der Waals surface area contributed by atoms with E-state index in [0.29, 0.717) is 36.0 Å². The molecule has 4 rings (SSSR count). The molecule has 166 valence electrons. The number of aromatic nitrogens is 2. The Hall–Kier alpha value is -3.03. The molecule has 1 aromatic heterocycles. The standard InChI is InChI=1S/C23H22Cl2N4O3/c24-18-9-15(10-19(25)11-18)13-32-23(31)29-7-5-17(6-8-29)22(30)28-20-3-1-16(2-4-20)21-12-26-14-27-21/h1-4,9-12,14,17H,5-8,13H2,(H,26,27)(H,28,30). The van der Waals surface area contributed by atoms with E-state index in [4.69, 9.17) is 27.9 Å². The van der Waals surface area contributed by atoms with Gasteiger partial charge in [0.2, 0.25) is 5.91 Å². The summed E-state index contributed by atoms with van der Waals surface area (Å²) in [5.74, 6) is -0.195. The van der Waals surface area contributed by atoms with Crippen LogP contribution in [0, 0.1) is 5.92 Å². The highest BCUT2D eigenvalue weighted by Gasteiger charge is 2.28. The lowest BCUT2D eigenvalue weighted by Gasteiger charge is -2.30. The number of carbonyl (C=O) groups excluding carboxylic acids is 2. The lowest BCUT2D eigenvalue weighted by Crippen LogP contribution is -2.41. The van der Waals surface area contributed by atoms with Crippen LogP contribution in [0.1, 0.15) is 18.4 Å². The fourth-order valence-corrected chi connectivity index (χ4v) is 4.22. The summed E-state index contributed by atoms with van der Waals surface area (Å²) in [6.07, 6.45) is 4.12. The van der Waals surface area contributed by atoms with Crippen molar-refractivity contribution in [2.45, 2.75) is 19.4 Å².